The van der Waals surface area contributed by atoms with Crippen molar-refractivity contribution >= 4 is 17.7 Å². The van der Waals surface area contributed by atoms with Crippen molar-refractivity contribution in [3.63, 3.8) is 0 Å². The Bertz CT molecular complexity index is 709. The van der Waals surface area contributed by atoms with E-state index in [-0.39, 0.29) is 29.6 Å². The first-order valence-corrected chi connectivity index (χ1v) is 10.0. The Kier molecular flexibility index (Phi) is 5.14. The third-order valence-electron chi connectivity index (χ3n) is 5.91. The van der Waals surface area contributed by atoms with Crippen LogP contribution in [0, 0.1) is 11.8 Å². The molecule has 0 N–H and O–H groups in total. The molecule has 1 aromatic carbocycles. The first-order valence-electron chi connectivity index (χ1n) is 10.0. The molecule has 0 spiro atoms. The molecular formula is C21H27N3O3. The van der Waals surface area contributed by atoms with Gasteiger partial charge in [0.1, 0.15) is 0 Å². The molecule has 0 radical (unpaired) electrons. The number of hydrogen-bond donors (Lipinski definition) is 0. The first-order chi connectivity index (χ1) is 13.1. The van der Waals surface area contributed by atoms with Crippen molar-refractivity contribution in [1.29, 1.82) is 0 Å². The normalized spacial score (nSPS) is 23.0. The summed E-state index contributed by atoms with van der Waals surface area (Å²) in [6, 6.07) is 10.1. The van der Waals surface area contributed by atoms with Gasteiger partial charge in [-0.3, -0.25) is 14.4 Å². The van der Waals surface area contributed by atoms with Crippen LogP contribution in [0.15, 0.2) is 30.3 Å². The van der Waals surface area contributed by atoms with Crippen molar-refractivity contribution in [1.82, 2.24) is 14.7 Å². The van der Waals surface area contributed by atoms with Gasteiger partial charge in [0.15, 0.2) is 0 Å². The third kappa shape index (κ3) is 4.15. The highest BCUT2D eigenvalue weighted by atomic mass is 16.2. The van der Waals surface area contributed by atoms with Crippen molar-refractivity contribution in [2.45, 2.75) is 25.7 Å². The quantitative estimate of drug-likeness (QED) is 0.783. The summed E-state index contributed by atoms with van der Waals surface area (Å²) in [6.45, 7) is 3.61. The molecule has 1 aliphatic carbocycles. The summed E-state index contributed by atoms with van der Waals surface area (Å²) >= 11 is 0. The average molecular weight is 369 g/mol. The minimum Gasteiger partial charge on any atom is -0.342 e. The molecule has 6 nitrogen and oxygen atoms in total. The van der Waals surface area contributed by atoms with Gasteiger partial charge < -0.3 is 14.7 Å². The van der Waals surface area contributed by atoms with E-state index in [4.69, 9.17) is 0 Å². The Labute approximate surface area is 160 Å². The lowest BCUT2D eigenvalue weighted by atomic mass is 10.1. The maximum absolute atomic E-state index is 12.8. The molecule has 27 heavy (non-hydrogen) atoms. The smallest absolute Gasteiger partial charge is 0.228 e. The number of carbonyl (C=O) groups is 3. The summed E-state index contributed by atoms with van der Waals surface area (Å²) in [6.07, 6.45) is 3.16. The van der Waals surface area contributed by atoms with E-state index < -0.39 is 0 Å². The second-order valence-corrected chi connectivity index (χ2v) is 7.90. The Hall–Kier alpha value is -2.37. The number of likely N-dealkylation sites (tertiary alicyclic amines) is 1. The van der Waals surface area contributed by atoms with E-state index in [2.05, 4.69) is 12.1 Å². The van der Waals surface area contributed by atoms with Crippen LogP contribution >= 0.6 is 0 Å². The number of benzene rings is 1. The Morgan fingerprint density at radius 2 is 1.48 bits per heavy atom. The van der Waals surface area contributed by atoms with Gasteiger partial charge in [-0.2, -0.15) is 0 Å². The summed E-state index contributed by atoms with van der Waals surface area (Å²) in [4.78, 5) is 42.9. The number of piperazine rings is 1. The lowest BCUT2D eigenvalue weighted by molar-refractivity contribution is -0.142. The second-order valence-electron chi connectivity index (χ2n) is 7.90. The van der Waals surface area contributed by atoms with Crippen LogP contribution in [-0.2, 0) is 20.8 Å². The van der Waals surface area contributed by atoms with Crippen molar-refractivity contribution in [3.8, 4) is 0 Å². The third-order valence-corrected chi connectivity index (χ3v) is 5.91. The minimum atomic E-state index is -0.237. The molecule has 0 bridgehead atoms. The van der Waals surface area contributed by atoms with Crippen LogP contribution in [0.3, 0.4) is 0 Å². The van der Waals surface area contributed by atoms with Crippen LogP contribution in [-0.4, -0.2) is 71.7 Å². The van der Waals surface area contributed by atoms with E-state index in [9.17, 15) is 14.4 Å². The molecule has 2 aliphatic heterocycles. The average Bonchev–Trinajstić information content (AvgIpc) is 3.49. The molecule has 1 atom stereocenters. The fraction of sp³-hybridized carbons (Fsp3) is 0.571. The first kappa shape index (κ1) is 18.0. The van der Waals surface area contributed by atoms with E-state index >= 15 is 0 Å². The van der Waals surface area contributed by atoms with Crippen LogP contribution in [0.4, 0.5) is 0 Å². The highest BCUT2D eigenvalue weighted by Crippen LogP contribution is 2.31. The van der Waals surface area contributed by atoms with Gasteiger partial charge >= 0.3 is 0 Å². The van der Waals surface area contributed by atoms with Crippen LogP contribution in [0.5, 0.6) is 0 Å². The van der Waals surface area contributed by atoms with Crippen LogP contribution < -0.4 is 0 Å². The van der Waals surface area contributed by atoms with Crippen molar-refractivity contribution < 1.29 is 14.4 Å². The van der Waals surface area contributed by atoms with Gasteiger partial charge in [0.25, 0.3) is 0 Å². The van der Waals surface area contributed by atoms with Gasteiger partial charge in [0.05, 0.1) is 5.92 Å². The zero-order valence-corrected chi connectivity index (χ0v) is 15.7. The summed E-state index contributed by atoms with van der Waals surface area (Å²) in [5, 5.41) is 0. The zero-order chi connectivity index (χ0) is 18.8. The molecule has 4 rings (SSSR count). The molecule has 0 aromatic heterocycles. The number of amides is 3. The van der Waals surface area contributed by atoms with Crippen molar-refractivity contribution in [2.75, 3.05) is 39.3 Å². The topological polar surface area (TPSA) is 60.9 Å². The molecule has 1 aromatic rings. The Balaban J connectivity index is 1.26. The highest BCUT2D eigenvalue weighted by molar-refractivity contribution is 5.89. The van der Waals surface area contributed by atoms with Gasteiger partial charge in [-0.15, -0.1) is 0 Å². The molecule has 144 valence electrons. The fourth-order valence-electron chi connectivity index (χ4n) is 4.06. The van der Waals surface area contributed by atoms with Gasteiger partial charge in [0, 0.05) is 51.6 Å². The van der Waals surface area contributed by atoms with Gasteiger partial charge in [0.2, 0.25) is 17.7 Å². The van der Waals surface area contributed by atoms with Crippen LogP contribution in [0.1, 0.15) is 24.8 Å². The predicted molar refractivity (Wildman–Crippen MR) is 101 cm³/mol. The van der Waals surface area contributed by atoms with E-state index in [0.717, 1.165) is 19.3 Å². The lowest BCUT2D eigenvalue weighted by Gasteiger charge is -2.36. The molecule has 6 heteroatoms. The number of hydrogen-bond acceptors (Lipinski definition) is 3. The minimum absolute atomic E-state index is 0.0732. The Morgan fingerprint density at radius 1 is 0.889 bits per heavy atom. The maximum Gasteiger partial charge on any atom is 0.228 e. The summed E-state index contributed by atoms with van der Waals surface area (Å²) in [7, 11) is 0. The second kappa shape index (κ2) is 7.71. The largest absolute Gasteiger partial charge is 0.342 e. The predicted octanol–water partition coefficient (Wildman–Crippen LogP) is 1.16. The zero-order valence-electron chi connectivity index (χ0n) is 15.7. The molecule has 2 saturated heterocycles. The summed E-state index contributed by atoms with van der Waals surface area (Å²) in [5.74, 6) is 0.401. The monoisotopic (exact) mass is 369 g/mol. The molecule has 1 saturated carbocycles. The van der Waals surface area contributed by atoms with E-state index in [1.54, 1.807) is 0 Å². The Morgan fingerprint density at radius 3 is 2.07 bits per heavy atom. The fourth-order valence-corrected chi connectivity index (χ4v) is 4.06. The van der Waals surface area contributed by atoms with Crippen LogP contribution in [0.25, 0.3) is 0 Å². The van der Waals surface area contributed by atoms with Gasteiger partial charge in [-0.1, -0.05) is 30.3 Å². The van der Waals surface area contributed by atoms with E-state index in [0.29, 0.717) is 45.7 Å². The molecule has 3 aliphatic rings. The summed E-state index contributed by atoms with van der Waals surface area (Å²) in [5.41, 5.74) is 1.21. The molecule has 3 amide bonds. The van der Waals surface area contributed by atoms with Crippen molar-refractivity contribution in [3.05, 3.63) is 35.9 Å². The van der Waals surface area contributed by atoms with E-state index in [1.165, 1.54) is 5.56 Å². The molecule has 2 heterocycles. The van der Waals surface area contributed by atoms with Crippen molar-refractivity contribution in [2.24, 2.45) is 11.8 Å². The molecule has 3 fully saturated rings. The molecular weight excluding hydrogens is 342 g/mol. The SMILES string of the molecule is O=C1CC(C(=O)N2CCN(C(=O)C3CC3)CC2)CN1CCc1ccccc1. The van der Waals surface area contributed by atoms with Crippen LogP contribution in [0.2, 0.25) is 0 Å². The standard InChI is InChI=1S/C21H27N3O3/c25-19-14-18(15-24(19)9-8-16-4-2-1-3-5-16)21(27)23-12-10-22(11-13-23)20(26)17-6-7-17/h1-5,17-18H,6-15H2. The number of rotatable bonds is 5. The highest BCUT2D eigenvalue weighted by Gasteiger charge is 2.39. The number of nitrogens with zero attached hydrogens (tertiary/aromatic N) is 3. The maximum atomic E-state index is 12.8. The van der Waals surface area contributed by atoms with Gasteiger partial charge in [-0.05, 0) is 24.8 Å². The van der Waals surface area contributed by atoms with Gasteiger partial charge in [-0.25, -0.2) is 0 Å². The lowest BCUT2D eigenvalue weighted by Crippen LogP contribution is -2.52. The van der Waals surface area contributed by atoms with E-state index in [1.807, 2.05) is 32.9 Å². The summed E-state index contributed by atoms with van der Waals surface area (Å²) < 4.78 is 0. The number of carbonyl (C=O) groups excluding carboxylic acids is 3. The molecule has 1 unspecified atom stereocenters.